The molecule has 17 heavy (non-hydrogen) atoms. The molecule has 3 heteroatoms. The lowest BCUT2D eigenvalue weighted by atomic mass is 10.2. The van der Waals surface area contributed by atoms with Gasteiger partial charge in [0.1, 0.15) is 0 Å². The quantitative estimate of drug-likeness (QED) is 0.667. The van der Waals surface area contributed by atoms with Crippen LogP contribution in [0.1, 0.15) is 39.0 Å². The van der Waals surface area contributed by atoms with Crippen LogP contribution >= 0.6 is 0 Å². The van der Waals surface area contributed by atoms with E-state index in [1.165, 1.54) is 64.3 Å². The summed E-state index contributed by atoms with van der Waals surface area (Å²) in [6.45, 7) is 7.65. The molecular formula is C14H28N2Si. The molecule has 2 heterocycles. The minimum absolute atomic E-state index is 0.118. The van der Waals surface area contributed by atoms with Gasteiger partial charge < -0.3 is 0 Å². The van der Waals surface area contributed by atoms with Gasteiger partial charge >= 0.3 is 0 Å². The molecule has 2 nitrogen and oxygen atoms in total. The highest BCUT2D eigenvalue weighted by molar-refractivity contribution is 6.41. The molecule has 0 aromatic heterocycles. The Labute approximate surface area is 109 Å². The second-order valence-electron chi connectivity index (χ2n) is 5.46. The van der Waals surface area contributed by atoms with Crippen LogP contribution < -0.4 is 0 Å². The highest BCUT2D eigenvalue weighted by Crippen LogP contribution is 2.21. The smallest absolute Gasteiger partial charge is 0.0657 e. The van der Waals surface area contributed by atoms with Gasteiger partial charge in [0.05, 0.1) is 6.17 Å². The van der Waals surface area contributed by atoms with E-state index in [4.69, 9.17) is 0 Å². The Hall–Kier alpha value is -0.123. The van der Waals surface area contributed by atoms with Crippen molar-refractivity contribution in [1.82, 2.24) is 9.80 Å². The standard InChI is InChI=1S/C14H28N2Si/c1-2-17-13-7-8-14(15-9-3-4-10-15)16-11-5-6-12-16/h7,13-14H,2-6,8-12,17H2,1H3. The van der Waals surface area contributed by atoms with E-state index < -0.39 is 0 Å². The molecule has 2 rings (SSSR count). The Bertz CT molecular complexity index is 214. The molecule has 2 aliphatic rings. The second-order valence-corrected chi connectivity index (χ2v) is 7.51. The summed E-state index contributed by atoms with van der Waals surface area (Å²) in [6.07, 6.45) is 10.1. The Morgan fingerprint density at radius 1 is 1.00 bits per heavy atom. The minimum atomic E-state index is 0.118. The fraction of sp³-hybridized carbons (Fsp3) is 0.857. The first-order chi connectivity index (χ1) is 8.42. The number of nitrogens with zero attached hydrogens (tertiary/aromatic N) is 2. The van der Waals surface area contributed by atoms with Crippen molar-refractivity contribution in [3.8, 4) is 0 Å². The first-order valence-electron chi connectivity index (χ1n) is 7.55. The molecule has 0 radical (unpaired) electrons. The number of hydrogen-bond acceptors (Lipinski definition) is 2. The molecule has 0 atom stereocenters. The van der Waals surface area contributed by atoms with Gasteiger partial charge in [-0.05, 0) is 58.3 Å². The lowest BCUT2D eigenvalue weighted by Crippen LogP contribution is -2.45. The lowest BCUT2D eigenvalue weighted by molar-refractivity contribution is 0.0817. The van der Waals surface area contributed by atoms with Gasteiger partial charge in [0.25, 0.3) is 0 Å². The summed E-state index contributed by atoms with van der Waals surface area (Å²) in [5.41, 5.74) is 2.51. The zero-order chi connectivity index (χ0) is 11.9. The molecule has 2 saturated heterocycles. The molecule has 0 amide bonds. The average molecular weight is 252 g/mol. The van der Waals surface area contributed by atoms with Crippen LogP contribution in [-0.2, 0) is 0 Å². The van der Waals surface area contributed by atoms with Crippen molar-refractivity contribution in [1.29, 1.82) is 0 Å². The van der Waals surface area contributed by atoms with E-state index in [-0.39, 0.29) is 9.52 Å². The van der Waals surface area contributed by atoms with Gasteiger partial charge in [0, 0.05) is 9.52 Å². The molecule has 2 aliphatic heterocycles. The van der Waals surface area contributed by atoms with Crippen LogP contribution in [0.15, 0.2) is 11.8 Å². The monoisotopic (exact) mass is 252 g/mol. The molecule has 98 valence electrons. The Morgan fingerprint density at radius 2 is 1.53 bits per heavy atom. The predicted molar refractivity (Wildman–Crippen MR) is 78.2 cm³/mol. The van der Waals surface area contributed by atoms with Gasteiger partial charge in [-0.25, -0.2) is 0 Å². The van der Waals surface area contributed by atoms with Crippen molar-refractivity contribution in [3.63, 3.8) is 0 Å². The molecule has 0 spiro atoms. The summed E-state index contributed by atoms with van der Waals surface area (Å²) in [6, 6.07) is 1.41. The third-order valence-electron chi connectivity index (χ3n) is 4.09. The van der Waals surface area contributed by atoms with E-state index >= 15 is 0 Å². The topological polar surface area (TPSA) is 6.48 Å². The van der Waals surface area contributed by atoms with Gasteiger partial charge in [-0.1, -0.05) is 19.0 Å². The molecule has 0 saturated carbocycles. The fourth-order valence-electron chi connectivity index (χ4n) is 3.11. The Balaban J connectivity index is 1.86. The van der Waals surface area contributed by atoms with Crippen molar-refractivity contribution < 1.29 is 0 Å². The predicted octanol–water partition coefficient (Wildman–Crippen LogP) is 2.01. The number of hydrogen-bond donors (Lipinski definition) is 0. The van der Waals surface area contributed by atoms with Crippen molar-refractivity contribution in [3.05, 3.63) is 11.8 Å². The molecule has 0 bridgehead atoms. The maximum absolute atomic E-state index is 2.73. The van der Waals surface area contributed by atoms with Crippen LogP contribution in [0.5, 0.6) is 0 Å². The highest BCUT2D eigenvalue weighted by atomic mass is 28.2. The summed E-state index contributed by atoms with van der Waals surface area (Å²) in [5.74, 6) is 0. The van der Waals surface area contributed by atoms with Crippen molar-refractivity contribution in [2.75, 3.05) is 26.2 Å². The second kappa shape index (κ2) is 7.34. The number of likely N-dealkylation sites (tertiary alicyclic amines) is 2. The van der Waals surface area contributed by atoms with Gasteiger partial charge in [0.2, 0.25) is 0 Å². The normalized spacial score (nSPS) is 24.1. The van der Waals surface area contributed by atoms with E-state index in [1.54, 1.807) is 0 Å². The van der Waals surface area contributed by atoms with Crippen LogP contribution in [0.2, 0.25) is 6.04 Å². The third kappa shape index (κ3) is 3.93. The SMILES string of the molecule is CC[SiH2]C=CCC(N1CCCC1)N1CCCC1. The highest BCUT2D eigenvalue weighted by Gasteiger charge is 2.27. The van der Waals surface area contributed by atoms with Crippen molar-refractivity contribution in [2.24, 2.45) is 0 Å². The first kappa shape index (κ1) is 13.3. The van der Waals surface area contributed by atoms with Gasteiger partial charge in [-0.15, -0.1) is 5.70 Å². The van der Waals surface area contributed by atoms with Gasteiger partial charge in [-0.3, -0.25) is 9.80 Å². The average Bonchev–Trinajstić information content (AvgIpc) is 3.02. The fourth-order valence-corrected chi connectivity index (χ4v) is 3.87. The molecule has 0 N–H and O–H groups in total. The van der Waals surface area contributed by atoms with Gasteiger partial charge in [-0.2, -0.15) is 0 Å². The molecule has 0 unspecified atom stereocenters. The summed E-state index contributed by atoms with van der Waals surface area (Å²) >= 11 is 0. The van der Waals surface area contributed by atoms with Crippen LogP contribution in [-0.4, -0.2) is 51.7 Å². The molecule has 2 fully saturated rings. The van der Waals surface area contributed by atoms with E-state index in [1.807, 2.05) is 0 Å². The molecule has 0 aliphatic carbocycles. The van der Waals surface area contributed by atoms with Crippen molar-refractivity contribution >= 4 is 9.52 Å². The summed E-state index contributed by atoms with van der Waals surface area (Å²) in [5, 5.41) is 0. The Kier molecular flexibility index (Phi) is 5.75. The third-order valence-corrected chi connectivity index (χ3v) is 5.34. The van der Waals surface area contributed by atoms with Crippen LogP contribution in [0.4, 0.5) is 0 Å². The lowest BCUT2D eigenvalue weighted by Gasteiger charge is -2.34. The molecule has 0 aromatic rings. The van der Waals surface area contributed by atoms with E-state index in [0.717, 1.165) is 6.17 Å². The maximum atomic E-state index is 2.73. The summed E-state index contributed by atoms with van der Waals surface area (Å²) < 4.78 is 0. The van der Waals surface area contributed by atoms with E-state index in [0.29, 0.717) is 0 Å². The van der Waals surface area contributed by atoms with Crippen LogP contribution in [0, 0.1) is 0 Å². The number of rotatable bonds is 6. The van der Waals surface area contributed by atoms with Gasteiger partial charge in [0.15, 0.2) is 0 Å². The van der Waals surface area contributed by atoms with E-state index in [9.17, 15) is 0 Å². The molecular weight excluding hydrogens is 224 g/mol. The van der Waals surface area contributed by atoms with Crippen LogP contribution in [0.25, 0.3) is 0 Å². The largest absolute Gasteiger partial charge is 0.288 e. The zero-order valence-corrected chi connectivity index (χ0v) is 12.8. The zero-order valence-electron chi connectivity index (χ0n) is 11.4. The molecule has 0 aromatic carbocycles. The minimum Gasteiger partial charge on any atom is -0.288 e. The maximum Gasteiger partial charge on any atom is 0.0657 e. The van der Waals surface area contributed by atoms with Crippen LogP contribution in [0.3, 0.4) is 0 Å². The van der Waals surface area contributed by atoms with Crippen molar-refractivity contribution in [2.45, 2.75) is 51.2 Å². The summed E-state index contributed by atoms with van der Waals surface area (Å²) in [4.78, 5) is 5.45. The van der Waals surface area contributed by atoms with E-state index in [2.05, 4.69) is 28.5 Å². The summed E-state index contributed by atoms with van der Waals surface area (Å²) in [7, 11) is 0.118. The Morgan fingerprint density at radius 3 is 2.00 bits per heavy atom. The first-order valence-corrected chi connectivity index (χ1v) is 9.36.